The fraction of sp³-hybridized carbons (Fsp3) is 0.500. The Kier molecular flexibility index (Phi) is 4.55. The summed E-state index contributed by atoms with van der Waals surface area (Å²) in [7, 11) is 0. The van der Waals surface area contributed by atoms with Crippen LogP contribution in [0.1, 0.15) is 44.2 Å². The van der Waals surface area contributed by atoms with Gasteiger partial charge < -0.3 is 10.5 Å². The molecule has 0 aliphatic heterocycles. The maximum atomic E-state index is 6.16. The molecule has 0 spiro atoms. The van der Waals surface area contributed by atoms with Gasteiger partial charge in [0, 0.05) is 0 Å². The van der Waals surface area contributed by atoms with Gasteiger partial charge in [0.1, 0.15) is 10.8 Å². The summed E-state index contributed by atoms with van der Waals surface area (Å²) in [6.07, 6.45) is 3.34. The number of benzene rings is 1. The molecule has 0 saturated heterocycles. The van der Waals surface area contributed by atoms with Gasteiger partial charge in [-0.1, -0.05) is 19.8 Å². The van der Waals surface area contributed by atoms with Crippen LogP contribution in [0, 0.1) is 0 Å². The van der Waals surface area contributed by atoms with Crippen LogP contribution in [-0.2, 0) is 0 Å². The van der Waals surface area contributed by atoms with E-state index in [2.05, 4.69) is 11.9 Å². The molecule has 2 aromatic rings. The first kappa shape index (κ1) is 13.3. The van der Waals surface area contributed by atoms with Gasteiger partial charge in [-0.25, -0.2) is 4.98 Å². The lowest BCUT2D eigenvalue weighted by atomic mass is 10.1. The molecule has 0 bridgehead atoms. The molecule has 0 aliphatic carbocycles. The Morgan fingerprint density at radius 2 is 2.22 bits per heavy atom. The van der Waals surface area contributed by atoms with E-state index in [1.54, 1.807) is 11.3 Å². The largest absolute Gasteiger partial charge is 0.494 e. The first-order valence-corrected chi connectivity index (χ1v) is 7.35. The molecule has 0 radical (unpaired) electrons. The van der Waals surface area contributed by atoms with Crippen molar-refractivity contribution in [1.29, 1.82) is 0 Å². The minimum atomic E-state index is 0.0675. The number of hydrogen-bond acceptors (Lipinski definition) is 4. The minimum absolute atomic E-state index is 0.0675. The number of aromatic nitrogens is 1. The Morgan fingerprint density at radius 1 is 1.39 bits per heavy atom. The Bertz CT molecular complexity index is 509. The van der Waals surface area contributed by atoms with Gasteiger partial charge in [0.15, 0.2) is 0 Å². The van der Waals surface area contributed by atoms with Gasteiger partial charge in [0.05, 0.1) is 22.9 Å². The van der Waals surface area contributed by atoms with Crippen LogP contribution in [-0.4, -0.2) is 11.6 Å². The Balaban J connectivity index is 2.21. The summed E-state index contributed by atoms with van der Waals surface area (Å²) < 4.78 is 6.65. The summed E-state index contributed by atoms with van der Waals surface area (Å²) >= 11 is 1.68. The van der Waals surface area contributed by atoms with Crippen molar-refractivity contribution in [3.63, 3.8) is 0 Å². The fourth-order valence-electron chi connectivity index (χ4n) is 1.89. The quantitative estimate of drug-likeness (QED) is 0.861. The first-order valence-electron chi connectivity index (χ1n) is 6.53. The smallest absolute Gasteiger partial charge is 0.120 e. The van der Waals surface area contributed by atoms with Gasteiger partial charge in [0.25, 0.3) is 0 Å². The zero-order valence-corrected chi connectivity index (χ0v) is 11.8. The third kappa shape index (κ3) is 3.00. The van der Waals surface area contributed by atoms with Crippen LogP contribution in [0.25, 0.3) is 10.2 Å². The van der Waals surface area contributed by atoms with E-state index < -0.39 is 0 Å². The number of hydrogen-bond donors (Lipinski definition) is 1. The number of fused-ring (bicyclic) bond motifs is 1. The van der Waals surface area contributed by atoms with E-state index in [9.17, 15) is 0 Å². The summed E-state index contributed by atoms with van der Waals surface area (Å²) in [4.78, 5) is 4.60. The molecule has 1 heterocycles. The maximum absolute atomic E-state index is 6.16. The molecule has 98 valence electrons. The number of nitrogens with two attached hydrogens (primary N) is 1. The molecule has 18 heavy (non-hydrogen) atoms. The summed E-state index contributed by atoms with van der Waals surface area (Å²) in [5, 5.41) is 1.03. The van der Waals surface area contributed by atoms with Crippen molar-refractivity contribution in [2.24, 2.45) is 5.73 Å². The van der Waals surface area contributed by atoms with Crippen molar-refractivity contribution < 1.29 is 4.74 Å². The zero-order valence-electron chi connectivity index (χ0n) is 11.0. The zero-order chi connectivity index (χ0) is 13.0. The third-order valence-electron chi connectivity index (χ3n) is 2.87. The molecule has 0 amide bonds. The van der Waals surface area contributed by atoms with Crippen molar-refractivity contribution in [1.82, 2.24) is 4.98 Å². The molecule has 1 unspecified atom stereocenters. The molecular formula is C14H20N2OS. The first-order chi connectivity index (χ1) is 8.74. The topological polar surface area (TPSA) is 48.1 Å². The molecular weight excluding hydrogens is 244 g/mol. The van der Waals surface area contributed by atoms with Crippen LogP contribution in [0.15, 0.2) is 18.2 Å². The Labute approximate surface area is 112 Å². The van der Waals surface area contributed by atoms with Crippen molar-refractivity contribution in [3.05, 3.63) is 23.2 Å². The second kappa shape index (κ2) is 6.16. The monoisotopic (exact) mass is 264 g/mol. The van der Waals surface area contributed by atoms with Crippen LogP contribution in [0.4, 0.5) is 0 Å². The molecule has 3 nitrogen and oxygen atoms in total. The van der Waals surface area contributed by atoms with E-state index in [-0.39, 0.29) is 6.04 Å². The second-order valence-electron chi connectivity index (χ2n) is 4.36. The SMILES string of the molecule is CCCCC(N)c1nc2ccc(OCC)cc2s1. The highest BCUT2D eigenvalue weighted by molar-refractivity contribution is 7.18. The Hall–Kier alpha value is -1.13. The van der Waals surface area contributed by atoms with Crippen molar-refractivity contribution in [3.8, 4) is 5.75 Å². The van der Waals surface area contributed by atoms with E-state index in [0.29, 0.717) is 6.61 Å². The number of ether oxygens (including phenoxy) is 1. The molecule has 1 atom stereocenters. The molecule has 0 fully saturated rings. The predicted molar refractivity (Wildman–Crippen MR) is 77.2 cm³/mol. The second-order valence-corrected chi connectivity index (χ2v) is 5.43. The highest BCUT2D eigenvalue weighted by Gasteiger charge is 2.12. The van der Waals surface area contributed by atoms with Crippen LogP contribution in [0.2, 0.25) is 0 Å². The lowest BCUT2D eigenvalue weighted by Gasteiger charge is -2.05. The van der Waals surface area contributed by atoms with E-state index in [4.69, 9.17) is 10.5 Å². The average molecular weight is 264 g/mol. The van der Waals surface area contributed by atoms with E-state index in [0.717, 1.165) is 33.8 Å². The van der Waals surface area contributed by atoms with E-state index in [1.165, 1.54) is 6.42 Å². The third-order valence-corrected chi connectivity index (χ3v) is 4.02. The van der Waals surface area contributed by atoms with Crippen molar-refractivity contribution in [2.45, 2.75) is 39.2 Å². The average Bonchev–Trinajstić information content (AvgIpc) is 2.79. The van der Waals surface area contributed by atoms with Gasteiger partial charge in [-0.05, 0) is 31.5 Å². The number of unbranched alkanes of at least 4 members (excludes halogenated alkanes) is 1. The standard InChI is InChI=1S/C14H20N2OS/c1-3-5-6-11(15)14-16-12-8-7-10(17-4-2)9-13(12)18-14/h7-9,11H,3-6,15H2,1-2H3. The van der Waals surface area contributed by atoms with Gasteiger partial charge in [0.2, 0.25) is 0 Å². The van der Waals surface area contributed by atoms with Gasteiger partial charge in [-0.15, -0.1) is 11.3 Å². The van der Waals surface area contributed by atoms with Crippen molar-refractivity contribution >= 4 is 21.6 Å². The fourth-order valence-corrected chi connectivity index (χ4v) is 2.92. The van der Waals surface area contributed by atoms with E-state index in [1.807, 2.05) is 25.1 Å². The minimum Gasteiger partial charge on any atom is -0.494 e. The number of thiazole rings is 1. The van der Waals surface area contributed by atoms with Crippen LogP contribution >= 0.6 is 11.3 Å². The van der Waals surface area contributed by atoms with Gasteiger partial charge >= 0.3 is 0 Å². The molecule has 2 N–H and O–H groups in total. The molecule has 0 aliphatic rings. The van der Waals surface area contributed by atoms with Gasteiger partial charge in [-0.2, -0.15) is 0 Å². The molecule has 4 heteroatoms. The summed E-state index contributed by atoms with van der Waals surface area (Å²) in [6, 6.07) is 6.09. The highest BCUT2D eigenvalue weighted by atomic mass is 32.1. The maximum Gasteiger partial charge on any atom is 0.120 e. The lowest BCUT2D eigenvalue weighted by molar-refractivity contribution is 0.341. The van der Waals surface area contributed by atoms with Crippen LogP contribution in [0.3, 0.4) is 0 Å². The molecule has 2 rings (SSSR count). The Morgan fingerprint density at radius 3 is 2.94 bits per heavy atom. The molecule has 1 aromatic heterocycles. The lowest BCUT2D eigenvalue weighted by Crippen LogP contribution is -2.09. The summed E-state index contributed by atoms with van der Waals surface area (Å²) in [5.41, 5.74) is 7.18. The van der Waals surface area contributed by atoms with Crippen LogP contribution < -0.4 is 10.5 Å². The van der Waals surface area contributed by atoms with Crippen molar-refractivity contribution in [2.75, 3.05) is 6.61 Å². The highest BCUT2D eigenvalue weighted by Crippen LogP contribution is 2.30. The predicted octanol–water partition coefficient (Wildman–Crippen LogP) is 3.89. The molecule has 0 saturated carbocycles. The number of rotatable bonds is 6. The number of nitrogens with zero attached hydrogens (tertiary/aromatic N) is 1. The summed E-state index contributed by atoms with van der Waals surface area (Å²) in [6.45, 7) is 4.86. The summed E-state index contributed by atoms with van der Waals surface area (Å²) in [5.74, 6) is 0.905. The molecule has 1 aromatic carbocycles. The van der Waals surface area contributed by atoms with E-state index >= 15 is 0 Å². The normalized spacial score (nSPS) is 12.8. The van der Waals surface area contributed by atoms with Gasteiger partial charge in [-0.3, -0.25) is 0 Å². The van der Waals surface area contributed by atoms with Crippen LogP contribution in [0.5, 0.6) is 5.75 Å².